The molecule has 0 fully saturated rings. The molecule has 5 nitrogen and oxygen atoms in total. The van der Waals surface area contributed by atoms with Crippen LogP contribution in [0.2, 0.25) is 0 Å². The summed E-state index contributed by atoms with van der Waals surface area (Å²) in [5.41, 5.74) is 0.247. The second-order valence-corrected chi connectivity index (χ2v) is 7.75. The molecule has 1 rings (SSSR count). The van der Waals surface area contributed by atoms with Gasteiger partial charge in [0.25, 0.3) is 0 Å². The molecule has 1 aromatic carbocycles. The zero-order chi connectivity index (χ0) is 16.2. The van der Waals surface area contributed by atoms with E-state index < -0.39 is 33.6 Å². The molecule has 0 aliphatic carbocycles. The van der Waals surface area contributed by atoms with Crippen LogP contribution in [0.25, 0.3) is 0 Å². The maximum Gasteiger partial charge on any atom is 0.321 e. The Labute approximate surface area is 131 Å². The highest BCUT2D eigenvalue weighted by molar-refractivity contribution is 9.10. The number of nitrogens with one attached hydrogen (secondary N) is 1. The number of hydrogen-bond donors (Lipinski definition) is 2. The van der Waals surface area contributed by atoms with Crippen LogP contribution in [0.1, 0.15) is 25.8 Å². The Kier molecular flexibility index (Phi) is 6.30. The molecule has 0 aromatic heterocycles. The van der Waals surface area contributed by atoms with E-state index in [-0.39, 0.29) is 22.4 Å². The molecule has 0 radical (unpaired) electrons. The van der Waals surface area contributed by atoms with Gasteiger partial charge in [-0.15, -0.1) is 0 Å². The van der Waals surface area contributed by atoms with Gasteiger partial charge in [0.1, 0.15) is 11.9 Å². The molecule has 0 amide bonds. The van der Waals surface area contributed by atoms with Gasteiger partial charge in [-0.2, -0.15) is 0 Å². The molecular weight excluding hydrogens is 365 g/mol. The highest BCUT2D eigenvalue weighted by Crippen LogP contribution is 2.18. The zero-order valence-electron chi connectivity index (χ0n) is 11.6. The van der Waals surface area contributed by atoms with Crippen LogP contribution in [-0.4, -0.2) is 25.5 Å². The van der Waals surface area contributed by atoms with Gasteiger partial charge in [-0.25, -0.2) is 17.5 Å². The second-order valence-electron chi connectivity index (χ2n) is 5.15. The molecule has 1 aromatic rings. The van der Waals surface area contributed by atoms with Crippen molar-refractivity contribution in [3.8, 4) is 0 Å². The third-order valence-electron chi connectivity index (χ3n) is 2.67. The van der Waals surface area contributed by atoms with Crippen molar-refractivity contribution in [2.45, 2.75) is 32.1 Å². The number of carboxylic acids is 1. The quantitative estimate of drug-likeness (QED) is 0.759. The maximum absolute atomic E-state index is 13.4. The Hall–Kier alpha value is -0.990. The molecule has 21 heavy (non-hydrogen) atoms. The highest BCUT2D eigenvalue weighted by atomic mass is 79.9. The summed E-state index contributed by atoms with van der Waals surface area (Å²) in [5, 5.41) is 9.04. The Morgan fingerprint density at radius 3 is 2.52 bits per heavy atom. The summed E-state index contributed by atoms with van der Waals surface area (Å²) in [6.45, 7) is 3.60. The Bertz CT molecular complexity index is 619. The van der Waals surface area contributed by atoms with Crippen molar-refractivity contribution in [2.24, 2.45) is 5.92 Å². The van der Waals surface area contributed by atoms with Gasteiger partial charge < -0.3 is 5.11 Å². The smallest absolute Gasteiger partial charge is 0.321 e. The van der Waals surface area contributed by atoms with Crippen LogP contribution in [-0.2, 0) is 20.6 Å². The van der Waals surface area contributed by atoms with E-state index in [9.17, 15) is 17.6 Å². The summed E-state index contributed by atoms with van der Waals surface area (Å²) in [6, 6.07) is 2.78. The minimum atomic E-state index is -3.87. The van der Waals surface area contributed by atoms with Gasteiger partial charge in [-0.1, -0.05) is 19.9 Å². The number of carboxylic acid groups (broad SMARTS) is 1. The molecule has 2 N–H and O–H groups in total. The highest BCUT2D eigenvalue weighted by Gasteiger charge is 2.25. The Morgan fingerprint density at radius 2 is 2.05 bits per heavy atom. The van der Waals surface area contributed by atoms with Gasteiger partial charge in [0, 0.05) is 0 Å². The zero-order valence-corrected chi connectivity index (χ0v) is 14.0. The van der Waals surface area contributed by atoms with Gasteiger partial charge in [0.15, 0.2) is 0 Å². The molecule has 118 valence electrons. The Morgan fingerprint density at radius 1 is 1.43 bits per heavy atom. The van der Waals surface area contributed by atoms with E-state index in [1.54, 1.807) is 13.8 Å². The first-order valence-corrected chi connectivity index (χ1v) is 8.72. The van der Waals surface area contributed by atoms with Crippen LogP contribution in [0.4, 0.5) is 4.39 Å². The fraction of sp³-hybridized carbons (Fsp3) is 0.462. The van der Waals surface area contributed by atoms with Gasteiger partial charge in [-0.05, 0) is 46.0 Å². The summed E-state index contributed by atoms with van der Waals surface area (Å²) in [7, 11) is -3.87. The molecule has 1 atom stereocenters. The summed E-state index contributed by atoms with van der Waals surface area (Å²) < 4.78 is 39.7. The van der Waals surface area contributed by atoms with Crippen LogP contribution in [0.15, 0.2) is 22.7 Å². The predicted molar refractivity (Wildman–Crippen MR) is 80.7 cm³/mol. The van der Waals surface area contributed by atoms with E-state index in [2.05, 4.69) is 20.7 Å². The average molecular weight is 382 g/mol. The fourth-order valence-electron chi connectivity index (χ4n) is 1.78. The summed E-state index contributed by atoms with van der Waals surface area (Å²) in [6.07, 6.45) is 0.184. The predicted octanol–water partition coefficient (Wildman–Crippen LogP) is 2.51. The molecule has 0 spiro atoms. The first-order valence-electron chi connectivity index (χ1n) is 6.27. The van der Waals surface area contributed by atoms with Crippen molar-refractivity contribution in [3.63, 3.8) is 0 Å². The number of carbonyl (C=O) groups is 1. The topological polar surface area (TPSA) is 83.5 Å². The standard InChI is InChI=1S/C13H17BrFNO4S/c1-8(2)5-12(13(17)18)16-21(19,20)7-9-3-4-10(14)11(15)6-9/h3-4,6,8,12,16H,5,7H2,1-2H3,(H,17,18)/t12-/m0/s1. The lowest BCUT2D eigenvalue weighted by Gasteiger charge is -2.16. The lowest BCUT2D eigenvalue weighted by Crippen LogP contribution is -2.42. The normalized spacial score (nSPS) is 13.4. The molecule has 0 aliphatic heterocycles. The Balaban J connectivity index is 2.84. The first-order chi connectivity index (χ1) is 9.60. The molecule has 0 bridgehead atoms. The van der Waals surface area contributed by atoms with Crippen LogP contribution in [0.3, 0.4) is 0 Å². The van der Waals surface area contributed by atoms with E-state index in [4.69, 9.17) is 5.11 Å². The number of sulfonamides is 1. The summed E-state index contributed by atoms with van der Waals surface area (Å²) in [4.78, 5) is 11.1. The molecule has 0 heterocycles. The van der Waals surface area contributed by atoms with E-state index in [0.29, 0.717) is 0 Å². The van der Waals surface area contributed by atoms with Crippen molar-refractivity contribution < 1.29 is 22.7 Å². The maximum atomic E-state index is 13.4. The third kappa shape index (κ3) is 6.11. The summed E-state index contributed by atoms with van der Waals surface area (Å²) in [5.74, 6) is -2.24. The molecule has 0 saturated carbocycles. The summed E-state index contributed by atoms with van der Waals surface area (Å²) >= 11 is 2.98. The number of halogens is 2. The van der Waals surface area contributed by atoms with Crippen molar-refractivity contribution in [3.05, 3.63) is 34.1 Å². The van der Waals surface area contributed by atoms with Gasteiger partial charge in [0.2, 0.25) is 10.0 Å². The van der Waals surface area contributed by atoms with E-state index in [1.807, 2.05) is 0 Å². The van der Waals surface area contributed by atoms with E-state index in [0.717, 1.165) is 6.07 Å². The fourth-order valence-corrected chi connectivity index (χ4v) is 3.36. The van der Waals surface area contributed by atoms with Crippen molar-refractivity contribution >= 4 is 31.9 Å². The lowest BCUT2D eigenvalue weighted by molar-refractivity contribution is -0.139. The van der Waals surface area contributed by atoms with Crippen LogP contribution in [0, 0.1) is 11.7 Å². The van der Waals surface area contributed by atoms with Gasteiger partial charge in [0.05, 0.1) is 10.2 Å². The minimum absolute atomic E-state index is 0.0268. The second kappa shape index (κ2) is 7.33. The van der Waals surface area contributed by atoms with Crippen molar-refractivity contribution in [2.75, 3.05) is 0 Å². The van der Waals surface area contributed by atoms with Crippen molar-refractivity contribution in [1.82, 2.24) is 4.72 Å². The number of hydrogen-bond acceptors (Lipinski definition) is 3. The molecule has 0 unspecified atom stereocenters. The number of benzene rings is 1. The largest absolute Gasteiger partial charge is 0.480 e. The number of rotatable bonds is 7. The monoisotopic (exact) mass is 381 g/mol. The SMILES string of the molecule is CC(C)C[C@H](NS(=O)(=O)Cc1ccc(Br)c(F)c1)C(=O)O. The van der Waals surface area contributed by atoms with Crippen molar-refractivity contribution in [1.29, 1.82) is 0 Å². The lowest BCUT2D eigenvalue weighted by atomic mass is 10.1. The molecular formula is C13H17BrFNO4S. The van der Waals surface area contributed by atoms with Crippen LogP contribution in [0.5, 0.6) is 0 Å². The molecule has 8 heteroatoms. The van der Waals surface area contributed by atoms with E-state index >= 15 is 0 Å². The van der Waals surface area contributed by atoms with Crippen LogP contribution >= 0.6 is 15.9 Å². The van der Waals surface area contributed by atoms with Gasteiger partial charge in [-0.3, -0.25) is 4.79 Å². The third-order valence-corrected chi connectivity index (χ3v) is 4.67. The van der Waals surface area contributed by atoms with Crippen LogP contribution < -0.4 is 4.72 Å². The van der Waals surface area contributed by atoms with Gasteiger partial charge >= 0.3 is 5.97 Å². The van der Waals surface area contributed by atoms with E-state index in [1.165, 1.54) is 12.1 Å². The molecule has 0 saturated heterocycles. The molecule has 0 aliphatic rings. The average Bonchev–Trinajstić information content (AvgIpc) is 2.31. The number of aliphatic carboxylic acids is 1. The first kappa shape index (κ1) is 18.1. The minimum Gasteiger partial charge on any atom is -0.480 e.